The molecule has 5 nitrogen and oxygen atoms in total. The Morgan fingerprint density at radius 2 is 1.97 bits per heavy atom. The van der Waals surface area contributed by atoms with Gasteiger partial charge < -0.3 is 4.74 Å². The molecule has 0 fully saturated rings. The van der Waals surface area contributed by atoms with Crippen LogP contribution >= 0.6 is 0 Å². The fraction of sp³-hybridized carbons (Fsp3) is 0.400. The highest BCUT2D eigenvalue weighted by Gasteiger charge is 2.34. The van der Waals surface area contributed by atoms with E-state index >= 15 is 0 Å². The number of nitriles is 1. The maximum absolute atomic E-state index is 9.36. The van der Waals surface area contributed by atoms with Crippen LogP contribution in [0.25, 0.3) is 0 Å². The second-order valence-corrected chi connectivity index (χ2v) is 8.93. The lowest BCUT2D eigenvalue weighted by Gasteiger charge is -2.27. The summed E-state index contributed by atoms with van der Waals surface area (Å²) in [7, 11) is 0. The third-order valence-electron chi connectivity index (χ3n) is 5.24. The van der Waals surface area contributed by atoms with Crippen molar-refractivity contribution in [2.75, 3.05) is 0 Å². The van der Waals surface area contributed by atoms with E-state index in [4.69, 9.17) is 15.0 Å². The van der Waals surface area contributed by atoms with Gasteiger partial charge in [0.05, 0.1) is 18.3 Å². The zero-order valence-electron chi connectivity index (χ0n) is 18.4. The van der Waals surface area contributed by atoms with E-state index < -0.39 is 0 Å². The number of hydrogen-bond donors (Lipinski definition) is 2. The maximum atomic E-state index is 9.36. The molecule has 0 atom stereocenters. The van der Waals surface area contributed by atoms with Crippen molar-refractivity contribution >= 4 is 5.84 Å². The Hall–Kier alpha value is -2.84. The fourth-order valence-corrected chi connectivity index (χ4v) is 3.89. The van der Waals surface area contributed by atoms with Crippen LogP contribution in [-0.2, 0) is 17.9 Å². The minimum atomic E-state index is 0.00462. The molecule has 0 bridgehead atoms. The summed E-state index contributed by atoms with van der Waals surface area (Å²) in [6.45, 7) is 10.8. The summed E-state index contributed by atoms with van der Waals surface area (Å²) in [5.41, 5.74) is 7.58. The molecule has 1 aliphatic rings. The number of hydrogen-bond acceptors (Lipinski definition) is 4. The maximum Gasteiger partial charge on any atom is 0.149 e. The van der Waals surface area contributed by atoms with E-state index in [0.29, 0.717) is 11.3 Å². The highest BCUT2D eigenvalue weighted by Crippen LogP contribution is 2.44. The summed E-state index contributed by atoms with van der Waals surface area (Å²) in [6.07, 6.45) is 1.99. The molecule has 0 spiro atoms. The van der Waals surface area contributed by atoms with Crippen molar-refractivity contribution in [1.29, 1.82) is 10.7 Å². The number of rotatable bonds is 6. The van der Waals surface area contributed by atoms with E-state index in [1.165, 1.54) is 17.0 Å². The number of nitrogens with zero attached hydrogens (tertiary/aromatic N) is 1. The Labute approximate surface area is 179 Å². The molecule has 0 saturated carbocycles. The van der Waals surface area contributed by atoms with Crippen LogP contribution in [-0.4, -0.2) is 11.9 Å². The van der Waals surface area contributed by atoms with Crippen molar-refractivity contribution in [3.63, 3.8) is 0 Å². The third kappa shape index (κ3) is 4.83. The molecular weight excluding hydrogens is 374 g/mol. The first-order valence-corrected chi connectivity index (χ1v) is 10.4. The van der Waals surface area contributed by atoms with Crippen molar-refractivity contribution in [1.82, 2.24) is 5.48 Å². The van der Waals surface area contributed by atoms with Gasteiger partial charge in [-0.15, -0.1) is 0 Å². The predicted molar refractivity (Wildman–Crippen MR) is 118 cm³/mol. The Balaban J connectivity index is 1.65. The molecule has 1 radical (unpaired) electrons. The molecule has 30 heavy (non-hydrogen) atoms. The number of fused-ring (bicyclic) bond motifs is 1. The SMILES string of the molecule is CC(C)Oc1ccc(CONC(=N)c2cccc3c2CC[C]3C(C)(C)C)cc1C#N. The molecule has 0 aliphatic heterocycles. The lowest BCUT2D eigenvalue weighted by Crippen LogP contribution is -2.25. The Morgan fingerprint density at radius 3 is 2.63 bits per heavy atom. The minimum absolute atomic E-state index is 0.00462. The molecule has 5 heteroatoms. The summed E-state index contributed by atoms with van der Waals surface area (Å²) < 4.78 is 5.65. The molecule has 157 valence electrons. The Bertz CT molecular complexity index is 967. The zero-order chi connectivity index (χ0) is 21.9. The average molecular weight is 405 g/mol. The summed E-state index contributed by atoms with van der Waals surface area (Å²) in [5.74, 6) is 2.27. The van der Waals surface area contributed by atoms with Gasteiger partial charge in [0.1, 0.15) is 17.7 Å². The molecule has 3 rings (SSSR count). The van der Waals surface area contributed by atoms with E-state index in [2.05, 4.69) is 38.4 Å². The summed E-state index contributed by atoms with van der Waals surface area (Å²) in [4.78, 5) is 5.58. The van der Waals surface area contributed by atoms with E-state index in [-0.39, 0.29) is 24.0 Å². The first kappa shape index (κ1) is 21.9. The van der Waals surface area contributed by atoms with Crippen molar-refractivity contribution in [2.24, 2.45) is 5.41 Å². The molecule has 2 N–H and O–H groups in total. The quantitative estimate of drug-likeness (QED) is 0.389. The van der Waals surface area contributed by atoms with Crippen LogP contribution in [0.4, 0.5) is 0 Å². The Kier molecular flexibility index (Phi) is 6.48. The molecule has 2 aromatic rings. The smallest absolute Gasteiger partial charge is 0.149 e. The summed E-state index contributed by atoms with van der Waals surface area (Å²) >= 11 is 0. The van der Waals surface area contributed by atoms with Crippen LogP contribution < -0.4 is 10.2 Å². The lowest BCUT2D eigenvalue weighted by atomic mass is 9.77. The predicted octanol–water partition coefficient (Wildman–Crippen LogP) is 5.31. The van der Waals surface area contributed by atoms with Gasteiger partial charge in [-0.05, 0) is 60.9 Å². The van der Waals surface area contributed by atoms with E-state index in [0.717, 1.165) is 24.0 Å². The van der Waals surface area contributed by atoms with Crippen LogP contribution in [0.1, 0.15) is 68.9 Å². The zero-order valence-corrected chi connectivity index (χ0v) is 18.4. The van der Waals surface area contributed by atoms with Crippen LogP contribution in [0.2, 0.25) is 0 Å². The molecular formula is C25H30N3O2. The van der Waals surface area contributed by atoms with Gasteiger partial charge in [0, 0.05) is 11.5 Å². The first-order valence-electron chi connectivity index (χ1n) is 10.4. The van der Waals surface area contributed by atoms with Gasteiger partial charge in [-0.3, -0.25) is 10.2 Å². The van der Waals surface area contributed by atoms with Gasteiger partial charge in [-0.1, -0.05) is 45.0 Å². The highest BCUT2D eigenvalue weighted by atomic mass is 16.6. The summed E-state index contributed by atoms with van der Waals surface area (Å²) in [5, 5.41) is 17.8. The van der Waals surface area contributed by atoms with Gasteiger partial charge in [-0.2, -0.15) is 5.26 Å². The number of nitrogens with one attached hydrogen (secondary N) is 2. The first-order chi connectivity index (χ1) is 14.2. The molecule has 1 aliphatic carbocycles. The number of ether oxygens (including phenoxy) is 1. The van der Waals surface area contributed by atoms with Gasteiger partial charge in [0.2, 0.25) is 0 Å². The number of amidine groups is 1. The standard InChI is InChI=1S/C25H30N3O2/c1-16(2)30-23-12-9-17(13-18(23)14-26)15-29-28-24(27)21-8-6-7-20-19(21)10-11-22(20)25(3,4)5/h6-9,12-13,16H,10-11,15H2,1-5H3,(H2,27,28). The van der Waals surface area contributed by atoms with Crippen molar-refractivity contribution in [3.05, 3.63) is 70.1 Å². The van der Waals surface area contributed by atoms with Crippen molar-refractivity contribution < 1.29 is 9.57 Å². The largest absolute Gasteiger partial charge is 0.490 e. The van der Waals surface area contributed by atoms with Gasteiger partial charge >= 0.3 is 0 Å². The lowest BCUT2D eigenvalue weighted by molar-refractivity contribution is 0.0710. The van der Waals surface area contributed by atoms with Gasteiger partial charge in [-0.25, -0.2) is 5.48 Å². The Morgan fingerprint density at radius 1 is 1.20 bits per heavy atom. The van der Waals surface area contributed by atoms with Crippen LogP contribution in [0, 0.1) is 28.1 Å². The summed E-state index contributed by atoms with van der Waals surface area (Å²) in [6, 6.07) is 13.7. The van der Waals surface area contributed by atoms with Crippen LogP contribution in [0.3, 0.4) is 0 Å². The minimum Gasteiger partial charge on any atom is -0.490 e. The van der Waals surface area contributed by atoms with E-state index in [1.807, 2.05) is 32.0 Å². The molecule has 0 saturated heterocycles. The second kappa shape index (κ2) is 8.89. The van der Waals surface area contributed by atoms with Gasteiger partial charge in [0.15, 0.2) is 0 Å². The topological polar surface area (TPSA) is 78.1 Å². The van der Waals surface area contributed by atoms with Crippen molar-refractivity contribution in [3.8, 4) is 11.8 Å². The molecule has 0 heterocycles. The van der Waals surface area contributed by atoms with E-state index in [9.17, 15) is 5.26 Å². The van der Waals surface area contributed by atoms with Crippen LogP contribution in [0.5, 0.6) is 5.75 Å². The van der Waals surface area contributed by atoms with Crippen LogP contribution in [0.15, 0.2) is 36.4 Å². The normalized spacial score (nSPS) is 13.8. The molecule has 0 aromatic heterocycles. The fourth-order valence-electron chi connectivity index (χ4n) is 3.89. The average Bonchev–Trinajstić information content (AvgIpc) is 3.13. The van der Waals surface area contributed by atoms with Gasteiger partial charge in [0.25, 0.3) is 0 Å². The monoisotopic (exact) mass is 404 g/mol. The molecule has 2 aromatic carbocycles. The molecule has 0 unspecified atom stereocenters. The number of benzene rings is 2. The molecule has 0 amide bonds. The number of hydroxylamine groups is 1. The highest BCUT2D eigenvalue weighted by molar-refractivity contribution is 5.97. The second-order valence-electron chi connectivity index (χ2n) is 8.93. The van der Waals surface area contributed by atoms with E-state index in [1.54, 1.807) is 12.1 Å². The van der Waals surface area contributed by atoms with Crippen molar-refractivity contribution in [2.45, 2.75) is 60.2 Å². The third-order valence-corrected chi connectivity index (χ3v) is 5.24.